The van der Waals surface area contributed by atoms with Crippen LogP contribution in [0.3, 0.4) is 0 Å². The second-order valence-corrected chi connectivity index (χ2v) is 7.18. The highest BCUT2D eigenvalue weighted by atomic mass is 35.5. The fraction of sp³-hybridized carbons (Fsp3) is 0.632. The van der Waals surface area contributed by atoms with Crippen molar-refractivity contribution >= 4 is 17.9 Å². The third kappa shape index (κ3) is 3.55. The lowest BCUT2D eigenvalue weighted by molar-refractivity contribution is -0.108. The molecule has 1 saturated heterocycles. The summed E-state index contributed by atoms with van der Waals surface area (Å²) in [5.41, 5.74) is 2.52. The molecule has 3 rings (SSSR count). The van der Waals surface area contributed by atoms with Gasteiger partial charge in [-0.15, -0.1) is 0 Å². The molecule has 1 aromatic carbocycles. The largest absolute Gasteiger partial charge is 0.303 e. The average molecular weight is 320 g/mol. The van der Waals surface area contributed by atoms with Crippen molar-refractivity contribution in [3.8, 4) is 0 Å². The van der Waals surface area contributed by atoms with Crippen molar-refractivity contribution in [2.24, 2.45) is 0 Å². The molecule has 1 aromatic rings. The number of nitrogens with zero attached hydrogens (tertiary/aromatic N) is 1. The minimum atomic E-state index is 0.206. The van der Waals surface area contributed by atoms with Crippen LogP contribution in [-0.4, -0.2) is 24.3 Å². The molecular weight excluding hydrogens is 294 g/mol. The van der Waals surface area contributed by atoms with Gasteiger partial charge in [0.25, 0.3) is 0 Å². The van der Waals surface area contributed by atoms with E-state index in [0.717, 1.165) is 24.4 Å². The standard InChI is InChI=1S/C19H26ClNO/c20-18-14-16(19(10-13-22)21-11-4-5-12-21)8-9-17(18)15-6-2-1-3-7-15/h8-9,13-15,19H,1-7,10-12H2. The second-order valence-electron chi connectivity index (χ2n) is 6.78. The predicted molar refractivity (Wildman–Crippen MR) is 91.5 cm³/mol. The van der Waals surface area contributed by atoms with E-state index in [1.807, 2.05) is 0 Å². The number of benzene rings is 1. The minimum Gasteiger partial charge on any atom is -0.303 e. The summed E-state index contributed by atoms with van der Waals surface area (Å²) in [7, 11) is 0. The van der Waals surface area contributed by atoms with E-state index >= 15 is 0 Å². The van der Waals surface area contributed by atoms with E-state index in [-0.39, 0.29) is 6.04 Å². The molecular formula is C19H26ClNO. The zero-order chi connectivity index (χ0) is 15.4. The van der Waals surface area contributed by atoms with Crippen LogP contribution in [0.25, 0.3) is 0 Å². The van der Waals surface area contributed by atoms with Gasteiger partial charge in [-0.1, -0.05) is 43.0 Å². The van der Waals surface area contributed by atoms with Gasteiger partial charge in [0.05, 0.1) is 0 Å². The van der Waals surface area contributed by atoms with Crippen LogP contribution < -0.4 is 0 Å². The van der Waals surface area contributed by atoms with Crippen molar-refractivity contribution in [1.29, 1.82) is 0 Å². The molecule has 2 fully saturated rings. The highest BCUT2D eigenvalue weighted by Crippen LogP contribution is 2.38. The molecule has 0 aromatic heterocycles. The van der Waals surface area contributed by atoms with Gasteiger partial charge in [0.1, 0.15) is 6.29 Å². The van der Waals surface area contributed by atoms with Crippen molar-refractivity contribution in [1.82, 2.24) is 4.90 Å². The van der Waals surface area contributed by atoms with Crippen LogP contribution in [0.2, 0.25) is 5.02 Å². The van der Waals surface area contributed by atoms with Gasteiger partial charge in [0, 0.05) is 17.5 Å². The molecule has 2 nitrogen and oxygen atoms in total. The Kier molecular flexibility index (Phi) is 5.54. The number of likely N-dealkylation sites (tertiary alicyclic amines) is 1. The van der Waals surface area contributed by atoms with Crippen LogP contribution in [0, 0.1) is 0 Å². The summed E-state index contributed by atoms with van der Waals surface area (Å²) in [5.74, 6) is 0.631. The normalized spacial score (nSPS) is 21.9. The highest BCUT2D eigenvalue weighted by Gasteiger charge is 2.25. The van der Waals surface area contributed by atoms with Crippen molar-refractivity contribution in [3.63, 3.8) is 0 Å². The lowest BCUT2D eigenvalue weighted by atomic mass is 9.83. The molecule has 0 bridgehead atoms. The Bertz CT molecular complexity index is 504. The van der Waals surface area contributed by atoms with Crippen LogP contribution in [0.1, 0.15) is 74.5 Å². The Balaban J connectivity index is 1.80. The molecule has 0 spiro atoms. The van der Waals surface area contributed by atoms with E-state index in [1.54, 1.807) is 0 Å². The van der Waals surface area contributed by atoms with Crippen molar-refractivity contribution in [2.75, 3.05) is 13.1 Å². The summed E-state index contributed by atoms with van der Waals surface area (Å²) in [6.07, 6.45) is 10.6. The van der Waals surface area contributed by atoms with Crippen LogP contribution in [0.4, 0.5) is 0 Å². The van der Waals surface area contributed by atoms with Crippen molar-refractivity contribution < 1.29 is 4.79 Å². The zero-order valence-corrected chi connectivity index (χ0v) is 14.0. The summed E-state index contributed by atoms with van der Waals surface area (Å²) in [4.78, 5) is 13.5. The molecule has 0 radical (unpaired) electrons. The first-order valence-corrected chi connectivity index (χ1v) is 9.14. The van der Waals surface area contributed by atoms with E-state index in [9.17, 15) is 4.79 Å². The highest BCUT2D eigenvalue weighted by molar-refractivity contribution is 6.31. The summed E-state index contributed by atoms with van der Waals surface area (Å²) >= 11 is 6.61. The number of aldehydes is 1. The maximum absolute atomic E-state index is 11.1. The van der Waals surface area contributed by atoms with E-state index in [2.05, 4.69) is 23.1 Å². The SMILES string of the molecule is O=CCC(c1ccc(C2CCCCC2)c(Cl)c1)N1CCCC1. The second kappa shape index (κ2) is 7.61. The number of halogens is 1. The minimum absolute atomic E-state index is 0.206. The van der Waals surface area contributed by atoms with Crippen LogP contribution in [-0.2, 0) is 4.79 Å². The molecule has 2 aliphatic rings. The molecule has 22 heavy (non-hydrogen) atoms. The Morgan fingerprint density at radius 1 is 1.14 bits per heavy atom. The van der Waals surface area contributed by atoms with Gasteiger partial charge in [0.15, 0.2) is 0 Å². The summed E-state index contributed by atoms with van der Waals surface area (Å²) < 4.78 is 0. The topological polar surface area (TPSA) is 20.3 Å². The molecule has 1 aliphatic heterocycles. The van der Waals surface area contributed by atoms with Crippen LogP contribution >= 0.6 is 11.6 Å². The van der Waals surface area contributed by atoms with Gasteiger partial charge in [-0.25, -0.2) is 0 Å². The number of rotatable bonds is 5. The Morgan fingerprint density at radius 3 is 2.50 bits per heavy atom. The van der Waals surface area contributed by atoms with Crippen molar-refractivity contribution in [3.05, 3.63) is 34.3 Å². The fourth-order valence-electron chi connectivity index (χ4n) is 4.14. The molecule has 0 N–H and O–H groups in total. The average Bonchev–Trinajstić information content (AvgIpc) is 3.07. The van der Waals surface area contributed by atoms with Crippen LogP contribution in [0.15, 0.2) is 18.2 Å². The lowest BCUT2D eigenvalue weighted by Crippen LogP contribution is -2.26. The number of hydrogen-bond donors (Lipinski definition) is 0. The van der Waals surface area contributed by atoms with E-state index in [0.29, 0.717) is 12.3 Å². The maximum Gasteiger partial charge on any atom is 0.121 e. The molecule has 1 atom stereocenters. The van der Waals surface area contributed by atoms with Gasteiger partial charge in [-0.05, 0) is 61.9 Å². The van der Waals surface area contributed by atoms with E-state index in [1.165, 1.54) is 56.1 Å². The quantitative estimate of drug-likeness (QED) is 0.702. The Hall–Kier alpha value is -0.860. The Morgan fingerprint density at radius 2 is 1.86 bits per heavy atom. The molecule has 1 unspecified atom stereocenters. The third-order valence-corrected chi connectivity index (χ3v) is 5.68. The van der Waals surface area contributed by atoms with Gasteiger partial charge in [0.2, 0.25) is 0 Å². The van der Waals surface area contributed by atoms with Crippen LogP contribution in [0.5, 0.6) is 0 Å². The molecule has 1 aliphatic carbocycles. The summed E-state index contributed by atoms with van der Waals surface area (Å²) in [6.45, 7) is 2.20. The number of carbonyl (C=O) groups excluding carboxylic acids is 1. The lowest BCUT2D eigenvalue weighted by Gasteiger charge is -2.28. The zero-order valence-electron chi connectivity index (χ0n) is 13.3. The predicted octanol–water partition coefficient (Wildman–Crippen LogP) is 5.11. The van der Waals surface area contributed by atoms with Crippen molar-refractivity contribution in [2.45, 2.75) is 63.3 Å². The number of carbonyl (C=O) groups is 1. The first-order chi connectivity index (χ1) is 10.8. The molecule has 3 heteroatoms. The van der Waals surface area contributed by atoms with Gasteiger partial charge >= 0.3 is 0 Å². The van der Waals surface area contributed by atoms with E-state index < -0.39 is 0 Å². The molecule has 1 saturated carbocycles. The van der Waals surface area contributed by atoms with Gasteiger partial charge < -0.3 is 4.79 Å². The first kappa shape index (κ1) is 16.0. The monoisotopic (exact) mass is 319 g/mol. The van der Waals surface area contributed by atoms with E-state index in [4.69, 9.17) is 11.6 Å². The number of hydrogen-bond acceptors (Lipinski definition) is 2. The molecule has 0 amide bonds. The Labute approximate surface area is 138 Å². The van der Waals surface area contributed by atoms with Gasteiger partial charge in [-0.3, -0.25) is 4.90 Å². The summed E-state index contributed by atoms with van der Waals surface area (Å²) in [6, 6.07) is 6.76. The maximum atomic E-state index is 11.1. The third-order valence-electron chi connectivity index (χ3n) is 5.36. The fourth-order valence-corrected chi connectivity index (χ4v) is 4.48. The molecule has 120 valence electrons. The van der Waals surface area contributed by atoms with Gasteiger partial charge in [-0.2, -0.15) is 0 Å². The first-order valence-electron chi connectivity index (χ1n) is 8.76. The smallest absolute Gasteiger partial charge is 0.121 e. The summed E-state index contributed by atoms with van der Waals surface area (Å²) in [5, 5.41) is 0.902. The molecule has 1 heterocycles.